The van der Waals surface area contributed by atoms with Gasteiger partial charge in [-0.3, -0.25) is 0 Å². The summed E-state index contributed by atoms with van der Waals surface area (Å²) in [6.07, 6.45) is 4.90. The number of nitrogens with one attached hydrogen (secondary N) is 2. The predicted molar refractivity (Wildman–Crippen MR) is 62.3 cm³/mol. The lowest BCUT2D eigenvalue weighted by Gasteiger charge is -2.24. The first kappa shape index (κ1) is 14.5. The first-order valence-corrected chi connectivity index (χ1v) is 5.37. The third kappa shape index (κ3) is 4.82. The van der Waals surface area contributed by atoms with Gasteiger partial charge in [0.25, 0.3) is 0 Å². The summed E-state index contributed by atoms with van der Waals surface area (Å²) in [6, 6.07) is -0.448. The van der Waals surface area contributed by atoms with E-state index >= 15 is 0 Å². The molecule has 1 unspecified atom stereocenters. The number of hydrogen-bond acceptors (Lipinski definition) is 2. The van der Waals surface area contributed by atoms with Crippen molar-refractivity contribution >= 4 is 12.0 Å². The van der Waals surface area contributed by atoms with Crippen LogP contribution in [0.2, 0.25) is 0 Å². The molecule has 0 aromatic rings. The van der Waals surface area contributed by atoms with Crippen LogP contribution in [-0.4, -0.2) is 29.2 Å². The Morgan fingerprint density at radius 2 is 2.06 bits per heavy atom. The van der Waals surface area contributed by atoms with Gasteiger partial charge in [-0.05, 0) is 26.7 Å². The first-order chi connectivity index (χ1) is 7.46. The van der Waals surface area contributed by atoms with Crippen LogP contribution < -0.4 is 10.6 Å². The Balaban J connectivity index is 4.07. The summed E-state index contributed by atoms with van der Waals surface area (Å²) in [5, 5.41) is 14.0. The summed E-state index contributed by atoms with van der Waals surface area (Å²) >= 11 is 0. The van der Waals surface area contributed by atoms with Gasteiger partial charge in [-0.2, -0.15) is 0 Å². The van der Waals surface area contributed by atoms with Crippen LogP contribution >= 0.6 is 0 Å². The van der Waals surface area contributed by atoms with Crippen molar-refractivity contribution in [1.82, 2.24) is 10.6 Å². The van der Waals surface area contributed by atoms with E-state index in [9.17, 15) is 9.59 Å². The molecule has 0 radical (unpaired) electrons. The van der Waals surface area contributed by atoms with Crippen LogP contribution in [0, 0.1) is 0 Å². The largest absolute Gasteiger partial charge is 0.480 e. The molecule has 0 saturated carbocycles. The predicted octanol–water partition coefficient (Wildman–Crippen LogP) is 1.51. The summed E-state index contributed by atoms with van der Waals surface area (Å²) in [5.74, 6) is -1.03. The smallest absolute Gasteiger partial charge is 0.329 e. The maximum atomic E-state index is 11.4. The van der Waals surface area contributed by atoms with E-state index in [1.165, 1.54) is 6.92 Å². The minimum Gasteiger partial charge on any atom is -0.480 e. The molecule has 5 heteroatoms. The lowest BCUT2D eigenvalue weighted by atomic mass is 10.00. The van der Waals surface area contributed by atoms with Crippen molar-refractivity contribution in [2.45, 2.75) is 39.2 Å². The molecular weight excluding hydrogens is 208 g/mol. The van der Waals surface area contributed by atoms with Crippen LogP contribution in [0.4, 0.5) is 4.79 Å². The number of urea groups is 1. The van der Waals surface area contributed by atoms with E-state index in [0.29, 0.717) is 13.0 Å². The number of rotatable bonds is 6. The fourth-order valence-electron chi connectivity index (χ4n) is 1.02. The van der Waals surface area contributed by atoms with E-state index in [2.05, 4.69) is 10.6 Å². The van der Waals surface area contributed by atoms with Gasteiger partial charge in [0.2, 0.25) is 0 Å². The average molecular weight is 228 g/mol. The van der Waals surface area contributed by atoms with Crippen molar-refractivity contribution in [2.75, 3.05) is 6.54 Å². The van der Waals surface area contributed by atoms with Crippen LogP contribution in [0.15, 0.2) is 12.2 Å². The molecule has 0 aromatic carbocycles. The highest BCUT2D eigenvalue weighted by Gasteiger charge is 2.32. The Kier molecular flexibility index (Phi) is 6.22. The molecule has 0 bridgehead atoms. The topological polar surface area (TPSA) is 78.4 Å². The molecule has 1 atom stereocenters. The molecule has 0 fully saturated rings. The standard InChI is InChI=1S/C11H20N2O3/c1-4-6-7-8-12-10(16)13-11(3,5-2)9(14)15/h4,6H,5,7-8H2,1-3H3,(H,14,15)(H2,12,13,16)/b6-4+. The Morgan fingerprint density at radius 1 is 1.44 bits per heavy atom. The molecule has 3 N–H and O–H groups in total. The van der Waals surface area contributed by atoms with Gasteiger partial charge in [-0.1, -0.05) is 19.1 Å². The number of hydrogen-bond donors (Lipinski definition) is 3. The molecule has 0 aliphatic rings. The molecule has 0 aliphatic heterocycles. The normalized spacial score (nSPS) is 14.4. The van der Waals surface area contributed by atoms with E-state index in [-0.39, 0.29) is 0 Å². The van der Waals surface area contributed by atoms with Gasteiger partial charge in [-0.15, -0.1) is 0 Å². The molecule has 0 rings (SSSR count). The van der Waals surface area contributed by atoms with E-state index in [1.807, 2.05) is 19.1 Å². The summed E-state index contributed by atoms with van der Waals surface area (Å²) in [6.45, 7) is 5.60. The quantitative estimate of drug-likeness (QED) is 0.476. The van der Waals surface area contributed by atoms with Crippen LogP contribution in [0.1, 0.15) is 33.6 Å². The zero-order valence-corrected chi connectivity index (χ0v) is 10.0. The second-order valence-electron chi connectivity index (χ2n) is 3.73. The van der Waals surface area contributed by atoms with Gasteiger partial charge in [0.1, 0.15) is 5.54 Å². The third-order valence-electron chi connectivity index (χ3n) is 2.40. The van der Waals surface area contributed by atoms with Gasteiger partial charge < -0.3 is 15.7 Å². The lowest BCUT2D eigenvalue weighted by molar-refractivity contribution is -0.143. The zero-order valence-electron chi connectivity index (χ0n) is 10.0. The van der Waals surface area contributed by atoms with E-state index < -0.39 is 17.5 Å². The Morgan fingerprint density at radius 3 is 2.50 bits per heavy atom. The highest BCUT2D eigenvalue weighted by Crippen LogP contribution is 2.08. The number of allylic oxidation sites excluding steroid dienone is 1. The van der Waals surface area contributed by atoms with Crippen molar-refractivity contribution in [2.24, 2.45) is 0 Å². The molecule has 5 nitrogen and oxygen atoms in total. The SMILES string of the molecule is C/C=C/CCNC(=O)NC(C)(CC)C(=O)O. The first-order valence-electron chi connectivity index (χ1n) is 5.37. The summed E-state index contributed by atoms with van der Waals surface area (Å²) in [4.78, 5) is 22.3. The maximum absolute atomic E-state index is 11.4. The number of carboxylic acid groups (broad SMARTS) is 1. The Hall–Kier alpha value is -1.52. The molecule has 2 amide bonds. The minimum atomic E-state index is -1.20. The fourth-order valence-corrected chi connectivity index (χ4v) is 1.02. The van der Waals surface area contributed by atoms with Crippen molar-refractivity contribution in [3.05, 3.63) is 12.2 Å². The average Bonchev–Trinajstić information content (AvgIpc) is 2.24. The lowest BCUT2D eigenvalue weighted by Crippen LogP contribution is -2.54. The molecule has 0 heterocycles. The van der Waals surface area contributed by atoms with Crippen molar-refractivity contribution < 1.29 is 14.7 Å². The molecule has 0 saturated heterocycles. The van der Waals surface area contributed by atoms with E-state index in [1.54, 1.807) is 6.92 Å². The maximum Gasteiger partial charge on any atom is 0.329 e. The van der Waals surface area contributed by atoms with Gasteiger partial charge in [-0.25, -0.2) is 9.59 Å². The minimum absolute atomic E-state index is 0.338. The van der Waals surface area contributed by atoms with Gasteiger partial charge in [0.15, 0.2) is 0 Å². The second-order valence-corrected chi connectivity index (χ2v) is 3.73. The summed E-state index contributed by atoms with van der Waals surface area (Å²) in [5.41, 5.74) is -1.20. The number of carbonyl (C=O) groups is 2. The number of carboxylic acids is 1. The molecule has 0 aromatic heterocycles. The van der Waals surface area contributed by atoms with Crippen LogP contribution in [0.5, 0.6) is 0 Å². The number of carbonyl (C=O) groups excluding carboxylic acids is 1. The Labute approximate surface area is 95.9 Å². The molecule has 16 heavy (non-hydrogen) atoms. The monoisotopic (exact) mass is 228 g/mol. The van der Waals surface area contributed by atoms with E-state index in [4.69, 9.17) is 5.11 Å². The second kappa shape index (κ2) is 6.87. The third-order valence-corrected chi connectivity index (χ3v) is 2.40. The molecule has 0 spiro atoms. The Bertz CT molecular complexity index is 276. The summed E-state index contributed by atoms with van der Waals surface area (Å²) < 4.78 is 0. The van der Waals surface area contributed by atoms with Crippen molar-refractivity contribution in [3.63, 3.8) is 0 Å². The molecule has 92 valence electrons. The van der Waals surface area contributed by atoms with Crippen LogP contribution in [0.25, 0.3) is 0 Å². The fraction of sp³-hybridized carbons (Fsp3) is 0.636. The zero-order chi connectivity index (χ0) is 12.6. The number of amides is 2. The van der Waals surface area contributed by atoms with Crippen molar-refractivity contribution in [1.29, 1.82) is 0 Å². The summed E-state index contributed by atoms with van der Waals surface area (Å²) in [7, 11) is 0. The highest BCUT2D eigenvalue weighted by molar-refractivity contribution is 5.85. The van der Waals surface area contributed by atoms with Crippen LogP contribution in [-0.2, 0) is 4.79 Å². The van der Waals surface area contributed by atoms with Gasteiger partial charge in [0.05, 0.1) is 0 Å². The van der Waals surface area contributed by atoms with Crippen LogP contribution in [0.3, 0.4) is 0 Å². The highest BCUT2D eigenvalue weighted by atomic mass is 16.4. The van der Waals surface area contributed by atoms with Crippen molar-refractivity contribution in [3.8, 4) is 0 Å². The molecular formula is C11H20N2O3. The number of aliphatic carboxylic acids is 1. The van der Waals surface area contributed by atoms with Gasteiger partial charge >= 0.3 is 12.0 Å². The van der Waals surface area contributed by atoms with Gasteiger partial charge in [0, 0.05) is 6.54 Å². The molecule has 0 aliphatic carbocycles. The van der Waals surface area contributed by atoms with E-state index in [0.717, 1.165) is 6.42 Å².